The summed E-state index contributed by atoms with van der Waals surface area (Å²) in [6.45, 7) is 8.09. The minimum Gasteiger partial charge on any atom is -0.370 e. The van der Waals surface area contributed by atoms with Crippen molar-refractivity contribution < 1.29 is 9.59 Å². The van der Waals surface area contributed by atoms with E-state index in [1.807, 2.05) is 6.92 Å². The van der Waals surface area contributed by atoms with Gasteiger partial charge >= 0.3 is 0 Å². The van der Waals surface area contributed by atoms with Crippen LogP contribution in [0, 0.1) is 5.92 Å². The highest BCUT2D eigenvalue weighted by molar-refractivity contribution is 14.0. The topological polar surface area (TPSA) is 91.0 Å². The monoisotopic (exact) mass is 451 g/mol. The molecule has 0 bridgehead atoms. The van der Waals surface area contributed by atoms with E-state index in [0.29, 0.717) is 18.9 Å². The quantitative estimate of drug-likeness (QED) is 0.271. The Kier molecular flexibility index (Phi) is 10.7. The van der Waals surface area contributed by atoms with Gasteiger partial charge in [0.1, 0.15) is 6.54 Å². The third kappa shape index (κ3) is 8.51. The predicted octanol–water partition coefficient (Wildman–Crippen LogP) is 0.802. The number of primary amides is 1. The SMILES string of the molecule is C=C(C)CNC(=NCC(=O)N(C)C)N1CCCC(CC(N)=O)C1.I. The Bertz CT molecular complexity index is 479. The predicted molar refractivity (Wildman–Crippen MR) is 107 cm³/mol. The summed E-state index contributed by atoms with van der Waals surface area (Å²) in [5, 5.41) is 3.25. The van der Waals surface area contributed by atoms with Crippen LogP contribution in [0.25, 0.3) is 0 Å². The third-order valence-electron chi connectivity index (χ3n) is 3.72. The summed E-state index contributed by atoms with van der Waals surface area (Å²) in [4.78, 5) is 31.0. The van der Waals surface area contributed by atoms with Crippen molar-refractivity contribution in [1.82, 2.24) is 15.1 Å². The number of aliphatic imine (C=N–C) groups is 1. The molecule has 0 aromatic heterocycles. The fourth-order valence-electron chi connectivity index (χ4n) is 2.49. The molecule has 1 saturated heterocycles. The Morgan fingerprint density at radius 2 is 2.08 bits per heavy atom. The number of hydrogen-bond donors (Lipinski definition) is 2. The Morgan fingerprint density at radius 1 is 1.42 bits per heavy atom. The zero-order chi connectivity index (χ0) is 17.4. The number of piperidine rings is 1. The van der Waals surface area contributed by atoms with E-state index in [1.54, 1.807) is 14.1 Å². The number of guanidine groups is 1. The van der Waals surface area contributed by atoms with Gasteiger partial charge in [0.05, 0.1) is 0 Å². The van der Waals surface area contributed by atoms with Crippen LogP contribution in [-0.2, 0) is 9.59 Å². The maximum atomic E-state index is 11.8. The number of likely N-dealkylation sites (tertiary alicyclic amines) is 1. The molecule has 0 aromatic carbocycles. The summed E-state index contributed by atoms with van der Waals surface area (Å²) in [6, 6.07) is 0. The second-order valence-corrected chi connectivity index (χ2v) is 6.36. The van der Waals surface area contributed by atoms with Gasteiger partial charge in [-0.25, -0.2) is 4.99 Å². The highest BCUT2D eigenvalue weighted by Crippen LogP contribution is 2.19. The van der Waals surface area contributed by atoms with Crippen LogP contribution in [0.2, 0.25) is 0 Å². The summed E-state index contributed by atoms with van der Waals surface area (Å²) in [7, 11) is 3.42. The number of nitrogens with two attached hydrogens (primary N) is 1. The van der Waals surface area contributed by atoms with Gasteiger partial charge in [-0.1, -0.05) is 12.2 Å². The molecule has 1 aliphatic heterocycles. The number of halogens is 1. The van der Waals surface area contributed by atoms with E-state index in [9.17, 15) is 9.59 Å². The van der Waals surface area contributed by atoms with Gasteiger partial charge in [-0.15, -0.1) is 24.0 Å². The second kappa shape index (κ2) is 11.3. The summed E-state index contributed by atoms with van der Waals surface area (Å²) in [5.74, 6) is 0.610. The molecule has 8 heteroatoms. The van der Waals surface area contributed by atoms with Crippen molar-refractivity contribution in [3.63, 3.8) is 0 Å². The van der Waals surface area contributed by atoms with Crippen molar-refractivity contribution in [3.8, 4) is 0 Å². The summed E-state index contributed by atoms with van der Waals surface area (Å²) in [5.41, 5.74) is 6.30. The van der Waals surface area contributed by atoms with Gasteiger partial charge in [0, 0.05) is 40.2 Å². The van der Waals surface area contributed by atoms with Crippen molar-refractivity contribution in [1.29, 1.82) is 0 Å². The zero-order valence-electron chi connectivity index (χ0n) is 14.9. The molecule has 0 aliphatic carbocycles. The lowest BCUT2D eigenvalue weighted by Gasteiger charge is -2.34. The van der Waals surface area contributed by atoms with E-state index in [1.165, 1.54) is 4.90 Å². The molecule has 2 amide bonds. The maximum Gasteiger partial charge on any atom is 0.243 e. The lowest BCUT2D eigenvalue weighted by molar-refractivity contribution is -0.127. The molecule has 7 nitrogen and oxygen atoms in total. The molecule has 1 atom stereocenters. The Balaban J connectivity index is 0.00000529. The number of carbonyl (C=O) groups is 2. The van der Waals surface area contributed by atoms with Gasteiger partial charge < -0.3 is 20.9 Å². The first-order valence-corrected chi connectivity index (χ1v) is 7.95. The lowest BCUT2D eigenvalue weighted by Crippen LogP contribution is -2.48. The van der Waals surface area contributed by atoms with Crippen LogP contribution in [0.1, 0.15) is 26.2 Å². The van der Waals surface area contributed by atoms with Crippen molar-refractivity contribution in [2.24, 2.45) is 16.6 Å². The van der Waals surface area contributed by atoms with Crippen LogP contribution >= 0.6 is 24.0 Å². The maximum absolute atomic E-state index is 11.8. The molecule has 1 unspecified atom stereocenters. The van der Waals surface area contributed by atoms with Crippen LogP contribution in [0.4, 0.5) is 0 Å². The first-order chi connectivity index (χ1) is 10.8. The summed E-state index contributed by atoms with van der Waals surface area (Å²) < 4.78 is 0. The van der Waals surface area contributed by atoms with E-state index in [4.69, 9.17) is 5.73 Å². The third-order valence-corrected chi connectivity index (χ3v) is 3.72. The Hall–Kier alpha value is -1.32. The second-order valence-electron chi connectivity index (χ2n) is 6.36. The van der Waals surface area contributed by atoms with Crippen molar-refractivity contribution in [2.45, 2.75) is 26.2 Å². The molecule has 1 heterocycles. The number of carbonyl (C=O) groups excluding carboxylic acids is 2. The minimum atomic E-state index is -0.270. The van der Waals surface area contributed by atoms with E-state index in [-0.39, 0.29) is 48.3 Å². The lowest BCUT2D eigenvalue weighted by atomic mass is 9.95. The molecule has 1 aliphatic rings. The summed E-state index contributed by atoms with van der Waals surface area (Å²) in [6.07, 6.45) is 2.36. The number of likely N-dealkylation sites (N-methyl/N-ethyl adjacent to an activating group) is 1. The average Bonchev–Trinajstić information content (AvgIpc) is 2.46. The number of amides is 2. The number of nitrogens with one attached hydrogen (secondary N) is 1. The van der Waals surface area contributed by atoms with Crippen LogP contribution in [-0.4, -0.2) is 67.8 Å². The molecule has 0 radical (unpaired) electrons. The molecule has 138 valence electrons. The van der Waals surface area contributed by atoms with Gasteiger partial charge in [0.25, 0.3) is 0 Å². The van der Waals surface area contributed by atoms with Crippen molar-refractivity contribution >= 4 is 41.8 Å². The van der Waals surface area contributed by atoms with E-state index >= 15 is 0 Å². The standard InChI is InChI=1S/C16H29N5O2.HI/c1-12(2)9-18-16(19-10-15(23)20(3)4)21-7-5-6-13(11-21)8-14(17)22;/h13H,1,5-11H2,2-4H3,(H2,17,22)(H,18,19);1H. The highest BCUT2D eigenvalue weighted by atomic mass is 127. The first kappa shape index (κ1) is 22.7. The summed E-state index contributed by atoms with van der Waals surface area (Å²) >= 11 is 0. The van der Waals surface area contributed by atoms with Gasteiger partial charge in [-0.3, -0.25) is 9.59 Å². The normalized spacial score (nSPS) is 17.7. The zero-order valence-corrected chi connectivity index (χ0v) is 17.2. The van der Waals surface area contributed by atoms with Gasteiger partial charge in [-0.05, 0) is 25.7 Å². The number of hydrogen-bond acceptors (Lipinski definition) is 3. The van der Waals surface area contributed by atoms with E-state index in [2.05, 4.69) is 21.8 Å². The largest absolute Gasteiger partial charge is 0.370 e. The number of rotatable bonds is 6. The molecule has 3 N–H and O–H groups in total. The Morgan fingerprint density at radius 3 is 2.62 bits per heavy atom. The van der Waals surface area contributed by atoms with Crippen LogP contribution in [0.5, 0.6) is 0 Å². The fourth-order valence-corrected chi connectivity index (χ4v) is 2.49. The molecular weight excluding hydrogens is 421 g/mol. The van der Waals surface area contributed by atoms with Crippen molar-refractivity contribution in [3.05, 3.63) is 12.2 Å². The molecule has 0 spiro atoms. The van der Waals surface area contributed by atoms with Crippen molar-refractivity contribution in [2.75, 3.05) is 40.3 Å². The molecule has 1 rings (SSSR count). The van der Waals surface area contributed by atoms with Crippen LogP contribution in [0.15, 0.2) is 17.1 Å². The fraction of sp³-hybridized carbons (Fsp3) is 0.688. The molecular formula is C16H30IN5O2. The smallest absolute Gasteiger partial charge is 0.243 e. The average molecular weight is 451 g/mol. The van der Waals surface area contributed by atoms with E-state index in [0.717, 1.165) is 31.5 Å². The van der Waals surface area contributed by atoms with Crippen LogP contribution in [0.3, 0.4) is 0 Å². The molecule has 1 fully saturated rings. The first-order valence-electron chi connectivity index (χ1n) is 7.95. The number of nitrogens with zero attached hydrogens (tertiary/aromatic N) is 3. The highest BCUT2D eigenvalue weighted by Gasteiger charge is 2.23. The van der Waals surface area contributed by atoms with Gasteiger partial charge in [0.15, 0.2) is 5.96 Å². The van der Waals surface area contributed by atoms with Gasteiger partial charge in [0.2, 0.25) is 11.8 Å². The van der Waals surface area contributed by atoms with Gasteiger partial charge in [-0.2, -0.15) is 0 Å². The van der Waals surface area contributed by atoms with E-state index < -0.39 is 0 Å². The molecule has 24 heavy (non-hydrogen) atoms. The molecule has 0 aromatic rings. The molecule has 0 saturated carbocycles. The minimum absolute atomic E-state index is 0. The Labute approximate surface area is 161 Å². The van der Waals surface area contributed by atoms with Crippen LogP contribution < -0.4 is 11.1 Å².